The molecule has 1 saturated heterocycles. The molecule has 4 heteroatoms. The highest BCUT2D eigenvalue weighted by Gasteiger charge is 2.27. The van der Waals surface area contributed by atoms with Crippen LogP contribution in [-0.2, 0) is 6.42 Å². The molecule has 3 heterocycles. The van der Waals surface area contributed by atoms with Crippen LogP contribution in [0.2, 0.25) is 0 Å². The minimum absolute atomic E-state index is 0.613. The lowest BCUT2D eigenvalue weighted by Crippen LogP contribution is -2.36. The van der Waals surface area contributed by atoms with Gasteiger partial charge in [-0.1, -0.05) is 6.07 Å². The zero-order chi connectivity index (χ0) is 12.5. The second kappa shape index (κ2) is 4.69. The highest BCUT2D eigenvalue weighted by molar-refractivity contribution is 5.36. The number of likely N-dealkylation sites (tertiary alicyclic amines) is 1. The molecule has 1 aliphatic heterocycles. The molecule has 1 aliphatic rings. The van der Waals surface area contributed by atoms with Gasteiger partial charge in [0.05, 0.1) is 0 Å². The molecular formula is C14H20N4. The topological polar surface area (TPSA) is 33.4 Å². The van der Waals surface area contributed by atoms with Crippen LogP contribution in [-0.4, -0.2) is 38.1 Å². The molecule has 0 N–H and O–H groups in total. The van der Waals surface area contributed by atoms with Crippen molar-refractivity contribution in [3.63, 3.8) is 0 Å². The van der Waals surface area contributed by atoms with Crippen LogP contribution in [0, 0.1) is 0 Å². The second-order valence-corrected chi connectivity index (χ2v) is 5.36. The standard InChI is InChI=1S/C14H20N4/c1-11(2)17-8-5-6-12(17)10-13-15-14-7-3-4-9-18(14)16-13/h3-4,7,9,11-12H,5-6,8,10H2,1-2H3. The lowest BCUT2D eigenvalue weighted by atomic mass is 10.1. The Bertz CT molecular complexity index is 498. The highest BCUT2D eigenvalue weighted by atomic mass is 15.3. The first kappa shape index (κ1) is 11.7. The van der Waals surface area contributed by atoms with E-state index in [1.165, 1.54) is 19.4 Å². The molecule has 0 aromatic carbocycles. The zero-order valence-corrected chi connectivity index (χ0v) is 11.1. The van der Waals surface area contributed by atoms with Crippen molar-refractivity contribution in [3.8, 4) is 0 Å². The average molecular weight is 244 g/mol. The van der Waals surface area contributed by atoms with E-state index in [4.69, 9.17) is 0 Å². The second-order valence-electron chi connectivity index (χ2n) is 5.36. The van der Waals surface area contributed by atoms with Crippen LogP contribution in [0.1, 0.15) is 32.5 Å². The SMILES string of the molecule is CC(C)N1CCCC1Cc1nc2ccccn2n1. The summed E-state index contributed by atoms with van der Waals surface area (Å²) in [5.74, 6) is 0.971. The maximum atomic E-state index is 4.60. The van der Waals surface area contributed by atoms with Gasteiger partial charge in [-0.3, -0.25) is 4.90 Å². The van der Waals surface area contributed by atoms with Crippen molar-refractivity contribution >= 4 is 5.65 Å². The van der Waals surface area contributed by atoms with E-state index < -0.39 is 0 Å². The molecule has 2 aromatic rings. The van der Waals surface area contributed by atoms with Crippen LogP contribution in [0.4, 0.5) is 0 Å². The van der Waals surface area contributed by atoms with Crippen molar-refractivity contribution in [1.82, 2.24) is 19.5 Å². The molecule has 2 aromatic heterocycles. The van der Waals surface area contributed by atoms with E-state index in [1.54, 1.807) is 0 Å². The lowest BCUT2D eigenvalue weighted by Gasteiger charge is -2.27. The Labute approximate surface area is 108 Å². The van der Waals surface area contributed by atoms with Gasteiger partial charge in [-0.2, -0.15) is 5.10 Å². The van der Waals surface area contributed by atoms with E-state index in [1.807, 2.05) is 28.9 Å². The van der Waals surface area contributed by atoms with Crippen LogP contribution in [0.5, 0.6) is 0 Å². The van der Waals surface area contributed by atoms with E-state index in [9.17, 15) is 0 Å². The van der Waals surface area contributed by atoms with E-state index in [2.05, 4.69) is 28.8 Å². The van der Waals surface area contributed by atoms with Crippen molar-refractivity contribution in [2.75, 3.05) is 6.54 Å². The van der Waals surface area contributed by atoms with Crippen molar-refractivity contribution in [2.24, 2.45) is 0 Å². The fraction of sp³-hybridized carbons (Fsp3) is 0.571. The molecule has 3 rings (SSSR count). The number of rotatable bonds is 3. The number of hydrogen-bond acceptors (Lipinski definition) is 3. The zero-order valence-electron chi connectivity index (χ0n) is 11.1. The van der Waals surface area contributed by atoms with Crippen molar-refractivity contribution in [1.29, 1.82) is 0 Å². The van der Waals surface area contributed by atoms with Gasteiger partial charge < -0.3 is 0 Å². The first-order valence-corrected chi connectivity index (χ1v) is 6.80. The molecule has 1 atom stereocenters. The highest BCUT2D eigenvalue weighted by Crippen LogP contribution is 2.22. The average Bonchev–Trinajstić information content (AvgIpc) is 2.94. The molecule has 4 nitrogen and oxygen atoms in total. The first-order valence-electron chi connectivity index (χ1n) is 6.80. The molecule has 0 bridgehead atoms. The third kappa shape index (κ3) is 2.12. The van der Waals surface area contributed by atoms with Gasteiger partial charge in [-0.25, -0.2) is 9.50 Å². The van der Waals surface area contributed by atoms with Gasteiger partial charge >= 0.3 is 0 Å². The van der Waals surface area contributed by atoms with Crippen molar-refractivity contribution < 1.29 is 0 Å². The van der Waals surface area contributed by atoms with E-state index in [0.29, 0.717) is 12.1 Å². The Morgan fingerprint density at radius 3 is 3.06 bits per heavy atom. The predicted octanol–water partition coefficient (Wildman–Crippen LogP) is 2.14. The van der Waals surface area contributed by atoms with Gasteiger partial charge in [-0.05, 0) is 45.4 Å². The maximum Gasteiger partial charge on any atom is 0.155 e. The Morgan fingerprint density at radius 2 is 2.28 bits per heavy atom. The molecule has 0 saturated carbocycles. The summed E-state index contributed by atoms with van der Waals surface area (Å²) < 4.78 is 1.87. The normalized spacial score (nSPS) is 21.2. The minimum Gasteiger partial charge on any atom is -0.298 e. The summed E-state index contributed by atoms with van der Waals surface area (Å²) in [5.41, 5.74) is 0.946. The summed E-state index contributed by atoms with van der Waals surface area (Å²) in [6, 6.07) is 7.23. The van der Waals surface area contributed by atoms with Crippen LogP contribution < -0.4 is 0 Å². The van der Waals surface area contributed by atoms with Gasteiger partial charge in [-0.15, -0.1) is 0 Å². The summed E-state index contributed by atoms with van der Waals surface area (Å²) in [5, 5.41) is 4.55. The quantitative estimate of drug-likeness (QED) is 0.829. The smallest absolute Gasteiger partial charge is 0.155 e. The maximum absolute atomic E-state index is 4.60. The van der Waals surface area contributed by atoms with Crippen LogP contribution >= 0.6 is 0 Å². The van der Waals surface area contributed by atoms with Gasteiger partial charge in [0.15, 0.2) is 11.5 Å². The molecule has 1 fully saturated rings. The van der Waals surface area contributed by atoms with E-state index in [-0.39, 0.29) is 0 Å². The summed E-state index contributed by atoms with van der Waals surface area (Å²) >= 11 is 0. The third-order valence-electron chi connectivity index (χ3n) is 3.79. The van der Waals surface area contributed by atoms with E-state index >= 15 is 0 Å². The van der Waals surface area contributed by atoms with Gasteiger partial charge in [0.1, 0.15) is 0 Å². The summed E-state index contributed by atoms with van der Waals surface area (Å²) in [6.07, 6.45) is 5.50. The Morgan fingerprint density at radius 1 is 1.39 bits per heavy atom. The largest absolute Gasteiger partial charge is 0.298 e. The Kier molecular flexibility index (Phi) is 3.04. The molecule has 0 aliphatic carbocycles. The monoisotopic (exact) mass is 244 g/mol. The number of nitrogens with zero attached hydrogens (tertiary/aromatic N) is 4. The number of fused-ring (bicyclic) bond motifs is 1. The predicted molar refractivity (Wildman–Crippen MR) is 71.6 cm³/mol. The first-order chi connectivity index (χ1) is 8.74. The molecule has 0 radical (unpaired) electrons. The van der Waals surface area contributed by atoms with Gasteiger partial charge in [0.2, 0.25) is 0 Å². The number of pyridine rings is 1. The molecule has 0 spiro atoms. The fourth-order valence-electron chi connectivity index (χ4n) is 2.93. The third-order valence-corrected chi connectivity index (χ3v) is 3.79. The van der Waals surface area contributed by atoms with Crippen LogP contribution in [0.25, 0.3) is 5.65 Å². The molecule has 1 unspecified atom stereocenters. The summed E-state index contributed by atoms with van der Waals surface area (Å²) in [6.45, 7) is 5.76. The van der Waals surface area contributed by atoms with Crippen molar-refractivity contribution in [3.05, 3.63) is 30.2 Å². The molecule has 0 amide bonds. The Hall–Kier alpha value is -1.42. The molecule has 18 heavy (non-hydrogen) atoms. The minimum atomic E-state index is 0.613. The van der Waals surface area contributed by atoms with Crippen LogP contribution in [0.15, 0.2) is 24.4 Å². The van der Waals surface area contributed by atoms with Gasteiger partial charge in [0, 0.05) is 24.7 Å². The summed E-state index contributed by atoms with van der Waals surface area (Å²) in [7, 11) is 0. The fourth-order valence-corrected chi connectivity index (χ4v) is 2.93. The number of hydrogen-bond donors (Lipinski definition) is 0. The molecular weight excluding hydrogens is 224 g/mol. The molecule has 96 valence electrons. The lowest BCUT2D eigenvalue weighted by molar-refractivity contribution is 0.201. The Balaban J connectivity index is 1.79. The van der Waals surface area contributed by atoms with Crippen molar-refractivity contribution in [2.45, 2.75) is 45.2 Å². The van der Waals surface area contributed by atoms with E-state index in [0.717, 1.165) is 17.9 Å². The van der Waals surface area contributed by atoms with Gasteiger partial charge in [0.25, 0.3) is 0 Å². The summed E-state index contributed by atoms with van der Waals surface area (Å²) in [4.78, 5) is 7.17. The van der Waals surface area contributed by atoms with Crippen LogP contribution in [0.3, 0.4) is 0 Å². The number of aromatic nitrogens is 3.